The Hall–Kier alpha value is -6.86. The predicted octanol–water partition coefficient (Wildman–Crippen LogP) is 10.7. The molecule has 6 heteroatoms. The largest absolute Gasteiger partial charge is 0.411 e. The van der Waals surface area contributed by atoms with Gasteiger partial charge >= 0.3 is 12.4 Å². The lowest BCUT2D eigenvalue weighted by Gasteiger charge is -2.36. The normalized spacial score (nSPS) is 12.3. The van der Waals surface area contributed by atoms with E-state index in [-0.39, 0.29) is 33.4 Å². The Bertz CT molecular complexity index is 2390. The summed E-state index contributed by atoms with van der Waals surface area (Å²) < 4.78 is 93.2. The third-order valence-electron chi connectivity index (χ3n) is 8.73. The molecular weight excluding hydrogens is 679 g/mol. The molecule has 1 aliphatic carbocycles. The molecule has 0 nitrogen and oxygen atoms in total. The minimum Gasteiger partial charge on any atom is -0.169 e. The first-order valence-electron chi connectivity index (χ1n) is 16.3. The molecule has 0 bridgehead atoms. The van der Waals surface area contributed by atoms with Gasteiger partial charge in [0.1, 0.15) is 0 Å². The van der Waals surface area contributed by atoms with Gasteiger partial charge in [-0.3, -0.25) is 0 Å². The number of halogens is 6. The van der Waals surface area contributed by atoms with Crippen LogP contribution in [0.4, 0.5) is 26.3 Å². The Balaban J connectivity index is 1.55. The summed E-state index contributed by atoms with van der Waals surface area (Å²) >= 11 is 0. The number of fused-ring (bicyclic) bond motifs is 3. The van der Waals surface area contributed by atoms with Crippen molar-refractivity contribution >= 4 is 0 Å². The van der Waals surface area contributed by atoms with Gasteiger partial charge in [-0.05, 0) is 95.1 Å². The molecule has 6 aromatic carbocycles. The monoisotopic (exact) mass is 702 g/mol. The molecule has 0 radical (unpaired) electrons. The molecule has 0 aliphatic heterocycles. The lowest BCUT2D eigenvalue weighted by molar-refractivity contribution is -0.287. The van der Waals surface area contributed by atoms with Crippen LogP contribution in [0.5, 0.6) is 0 Å². The standard InChI is InChI=1S/C47H24F6/c48-46(49,50)45(47(51,52)53)43-31-39(27-23-35-17-9-3-10-18-35)37(25-21-33-13-5-1-6-14-33)29-41(43)42-30-38(26-22-34-15-7-2-8-16-34)40(32-44(42)45)28-24-36-19-11-4-12-20-36/h1-20,29-32H. The van der Waals surface area contributed by atoms with Crippen molar-refractivity contribution in [3.63, 3.8) is 0 Å². The molecule has 53 heavy (non-hydrogen) atoms. The van der Waals surface area contributed by atoms with Gasteiger partial charge in [0.05, 0.1) is 0 Å². The van der Waals surface area contributed by atoms with Crippen molar-refractivity contribution in [3.05, 3.63) is 201 Å². The Labute approximate surface area is 303 Å². The molecule has 0 unspecified atom stereocenters. The first kappa shape index (κ1) is 34.6. The zero-order chi connectivity index (χ0) is 37.1. The average Bonchev–Trinajstić information content (AvgIpc) is 3.45. The maximum absolute atomic E-state index is 15.5. The van der Waals surface area contributed by atoms with E-state index in [1.165, 1.54) is 12.1 Å². The fraction of sp³-hybridized carbons (Fsp3) is 0.0638. The van der Waals surface area contributed by atoms with Gasteiger partial charge in [0.2, 0.25) is 5.41 Å². The van der Waals surface area contributed by atoms with Crippen LogP contribution in [0.2, 0.25) is 0 Å². The molecule has 0 saturated carbocycles. The van der Waals surface area contributed by atoms with Gasteiger partial charge in [-0.25, -0.2) is 0 Å². The second-order valence-corrected chi connectivity index (χ2v) is 12.1. The summed E-state index contributed by atoms with van der Waals surface area (Å²) in [5, 5.41) is 0. The number of alkyl halides is 6. The highest BCUT2D eigenvalue weighted by molar-refractivity contribution is 5.86. The number of hydrogen-bond donors (Lipinski definition) is 0. The SMILES string of the molecule is FC(F)(F)C1(C(F)(F)F)c2cc(C#Cc3ccccc3)c(C#Cc3ccccc3)cc2-c2cc(C#Cc3ccccc3)c(C#Cc3ccccc3)cc21. The van der Waals surface area contributed by atoms with Crippen molar-refractivity contribution in [2.24, 2.45) is 0 Å². The van der Waals surface area contributed by atoms with E-state index in [9.17, 15) is 0 Å². The quantitative estimate of drug-likeness (QED) is 0.109. The Morgan fingerprint density at radius 2 is 0.566 bits per heavy atom. The smallest absolute Gasteiger partial charge is 0.169 e. The molecule has 0 atom stereocenters. The Kier molecular flexibility index (Phi) is 9.16. The fourth-order valence-corrected chi connectivity index (χ4v) is 6.24. The van der Waals surface area contributed by atoms with Gasteiger partial charge in [-0.1, -0.05) is 120 Å². The van der Waals surface area contributed by atoms with E-state index < -0.39 is 28.9 Å². The predicted molar refractivity (Wildman–Crippen MR) is 194 cm³/mol. The van der Waals surface area contributed by atoms with Gasteiger partial charge in [-0.2, -0.15) is 26.3 Å². The van der Waals surface area contributed by atoms with Crippen LogP contribution in [-0.4, -0.2) is 12.4 Å². The summed E-state index contributed by atoms with van der Waals surface area (Å²) in [4.78, 5) is 0. The summed E-state index contributed by atoms with van der Waals surface area (Å²) in [5.41, 5.74) is -4.41. The molecule has 0 N–H and O–H groups in total. The molecule has 0 saturated heterocycles. The molecule has 0 heterocycles. The van der Waals surface area contributed by atoms with Crippen LogP contribution in [0.3, 0.4) is 0 Å². The van der Waals surface area contributed by atoms with Crippen molar-refractivity contribution in [2.75, 3.05) is 0 Å². The van der Waals surface area contributed by atoms with Crippen molar-refractivity contribution in [1.29, 1.82) is 0 Å². The third-order valence-corrected chi connectivity index (χ3v) is 8.73. The topological polar surface area (TPSA) is 0 Å². The highest BCUT2D eigenvalue weighted by Gasteiger charge is 2.75. The molecule has 0 aromatic heterocycles. The number of benzene rings is 6. The molecule has 1 aliphatic rings. The summed E-state index contributed by atoms with van der Waals surface area (Å²) in [6.07, 6.45) is -11.6. The first-order chi connectivity index (χ1) is 25.5. The second-order valence-electron chi connectivity index (χ2n) is 12.1. The van der Waals surface area contributed by atoms with E-state index >= 15 is 26.3 Å². The third kappa shape index (κ3) is 6.80. The van der Waals surface area contributed by atoms with E-state index in [2.05, 4.69) is 47.4 Å². The minimum atomic E-state index is -5.81. The number of rotatable bonds is 0. The maximum atomic E-state index is 15.5. The summed E-state index contributed by atoms with van der Waals surface area (Å²) in [6, 6.07) is 39.3. The van der Waals surface area contributed by atoms with Gasteiger partial charge in [-0.15, -0.1) is 0 Å². The van der Waals surface area contributed by atoms with E-state index in [0.717, 1.165) is 12.1 Å². The molecular formula is C47H24F6. The summed E-state index contributed by atoms with van der Waals surface area (Å²) in [5.74, 6) is 23.3. The van der Waals surface area contributed by atoms with Crippen molar-refractivity contribution in [1.82, 2.24) is 0 Å². The van der Waals surface area contributed by atoms with Crippen molar-refractivity contribution in [2.45, 2.75) is 17.8 Å². The molecule has 254 valence electrons. The lowest BCUT2D eigenvalue weighted by atomic mass is 9.75. The molecule has 0 fully saturated rings. The molecule has 0 amide bonds. The van der Waals surface area contributed by atoms with Crippen LogP contribution in [0.1, 0.15) is 55.6 Å². The summed E-state index contributed by atoms with van der Waals surface area (Å²) in [6.45, 7) is 0. The Morgan fingerprint density at radius 1 is 0.321 bits per heavy atom. The number of hydrogen-bond acceptors (Lipinski definition) is 0. The first-order valence-corrected chi connectivity index (χ1v) is 16.3. The highest BCUT2D eigenvalue weighted by atomic mass is 19.4. The van der Waals surface area contributed by atoms with Crippen LogP contribution >= 0.6 is 0 Å². The molecule has 0 spiro atoms. The van der Waals surface area contributed by atoms with Crippen molar-refractivity contribution in [3.8, 4) is 58.5 Å². The van der Waals surface area contributed by atoms with Gasteiger partial charge in [0, 0.05) is 44.5 Å². The lowest BCUT2D eigenvalue weighted by Crippen LogP contribution is -2.53. The van der Waals surface area contributed by atoms with Crippen LogP contribution in [-0.2, 0) is 5.41 Å². The van der Waals surface area contributed by atoms with Crippen molar-refractivity contribution < 1.29 is 26.3 Å². The Morgan fingerprint density at radius 3 is 0.811 bits per heavy atom. The molecule has 7 rings (SSSR count). The highest BCUT2D eigenvalue weighted by Crippen LogP contribution is 2.64. The minimum absolute atomic E-state index is 0.0742. The van der Waals surface area contributed by atoms with E-state index in [1.54, 1.807) is 121 Å². The van der Waals surface area contributed by atoms with E-state index in [1.807, 2.05) is 0 Å². The average molecular weight is 703 g/mol. The van der Waals surface area contributed by atoms with Gasteiger partial charge < -0.3 is 0 Å². The van der Waals surface area contributed by atoms with Gasteiger partial charge in [0.15, 0.2) is 0 Å². The second kappa shape index (κ2) is 14.0. The zero-order valence-corrected chi connectivity index (χ0v) is 27.6. The van der Waals surface area contributed by atoms with Crippen LogP contribution in [0.15, 0.2) is 146 Å². The van der Waals surface area contributed by atoms with Crippen LogP contribution < -0.4 is 0 Å². The van der Waals surface area contributed by atoms with Crippen LogP contribution in [0, 0.1) is 47.4 Å². The van der Waals surface area contributed by atoms with E-state index in [4.69, 9.17) is 0 Å². The molecule has 6 aromatic rings. The maximum Gasteiger partial charge on any atom is 0.411 e. The zero-order valence-electron chi connectivity index (χ0n) is 27.6. The van der Waals surface area contributed by atoms with Gasteiger partial charge in [0.25, 0.3) is 0 Å². The fourth-order valence-electron chi connectivity index (χ4n) is 6.24. The van der Waals surface area contributed by atoms with E-state index in [0.29, 0.717) is 22.3 Å². The summed E-state index contributed by atoms with van der Waals surface area (Å²) in [7, 11) is 0. The van der Waals surface area contributed by atoms with Crippen LogP contribution in [0.25, 0.3) is 11.1 Å².